The van der Waals surface area contributed by atoms with Crippen LogP contribution in [0.1, 0.15) is 5.56 Å². The summed E-state index contributed by atoms with van der Waals surface area (Å²) in [5.41, 5.74) is 6.22. The van der Waals surface area contributed by atoms with Crippen molar-refractivity contribution in [2.75, 3.05) is 33.4 Å². The molecule has 2 rings (SSSR count). The predicted octanol–water partition coefficient (Wildman–Crippen LogP) is 1.68. The first-order valence-corrected chi connectivity index (χ1v) is 6.87. The van der Waals surface area contributed by atoms with Gasteiger partial charge in [0.25, 0.3) is 0 Å². The number of ether oxygens (including phenoxy) is 2. The first-order chi connectivity index (χ1) is 9.06. The Kier molecular flexibility index (Phi) is 4.99. The lowest BCUT2D eigenvalue weighted by Crippen LogP contribution is -2.42. The van der Waals surface area contributed by atoms with E-state index >= 15 is 0 Å². The van der Waals surface area contributed by atoms with Gasteiger partial charge in [-0.1, -0.05) is 23.8 Å². The molecule has 1 atom stereocenters. The molecule has 0 radical (unpaired) electrons. The van der Waals surface area contributed by atoms with Gasteiger partial charge in [0.15, 0.2) is 0 Å². The lowest BCUT2D eigenvalue weighted by atomic mass is 10.2. The Morgan fingerprint density at radius 3 is 3.05 bits per heavy atom. The summed E-state index contributed by atoms with van der Waals surface area (Å²) in [7, 11) is 2.07. The molecule has 19 heavy (non-hydrogen) atoms. The van der Waals surface area contributed by atoms with E-state index in [-0.39, 0.29) is 11.1 Å². The molecule has 1 aliphatic heterocycles. The molecule has 4 nitrogen and oxygen atoms in total. The van der Waals surface area contributed by atoms with E-state index in [9.17, 15) is 0 Å². The largest absolute Gasteiger partial charge is 0.491 e. The number of halogens is 1. The number of hydrogen-bond donors (Lipinski definition) is 1. The molecule has 0 aliphatic carbocycles. The normalized spacial score (nSPS) is 20.2. The van der Waals surface area contributed by atoms with Crippen LogP contribution < -0.4 is 10.5 Å². The SMILES string of the molecule is CN1CCOC(COc2ccc(C(N)=S)c(Cl)c2)C1. The monoisotopic (exact) mass is 300 g/mol. The third kappa shape index (κ3) is 4.04. The third-order valence-corrected chi connectivity index (χ3v) is 3.52. The first-order valence-electron chi connectivity index (χ1n) is 6.08. The molecule has 0 aromatic heterocycles. The summed E-state index contributed by atoms with van der Waals surface area (Å²) >= 11 is 11.0. The second kappa shape index (κ2) is 6.52. The molecule has 0 spiro atoms. The molecule has 1 heterocycles. The zero-order chi connectivity index (χ0) is 13.8. The minimum atomic E-state index is 0.0905. The lowest BCUT2D eigenvalue weighted by Gasteiger charge is -2.29. The highest BCUT2D eigenvalue weighted by atomic mass is 35.5. The fraction of sp³-hybridized carbons (Fsp3) is 0.462. The number of nitrogens with zero attached hydrogens (tertiary/aromatic N) is 1. The summed E-state index contributed by atoms with van der Waals surface area (Å²) in [6.07, 6.45) is 0.0905. The molecule has 0 amide bonds. The molecule has 1 aromatic carbocycles. The molecular weight excluding hydrogens is 284 g/mol. The van der Waals surface area contributed by atoms with Gasteiger partial charge in [0, 0.05) is 18.7 Å². The summed E-state index contributed by atoms with van der Waals surface area (Å²) in [5.74, 6) is 0.696. The van der Waals surface area contributed by atoms with Crippen molar-refractivity contribution < 1.29 is 9.47 Å². The van der Waals surface area contributed by atoms with Gasteiger partial charge in [-0.25, -0.2) is 0 Å². The van der Waals surface area contributed by atoms with E-state index in [0.29, 0.717) is 22.9 Å². The number of thiocarbonyl (C=S) groups is 1. The Labute approximate surface area is 123 Å². The highest BCUT2D eigenvalue weighted by molar-refractivity contribution is 7.80. The Morgan fingerprint density at radius 2 is 2.42 bits per heavy atom. The number of hydrogen-bond acceptors (Lipinski definition) is 4. The van der Waals surface area contributed by atoms with Gasteiger partial charge in [0.05, 0.1) is 11.6 Å². The van der Waals surface area contributed by atoms with Gasteiger partial charge in [0.2, 0.25) is 0 Å². The van der Waals surface area contributed by atoms with E-state index in [4.69, 9.17) is 39.0 Å². The maximum Gasteiger partial charge on any atom is 0.120 e. The number of rotatable bonds is 4. The molecule has 104 valence electrons. The van der Waals surface area contributed by atoms with Gasteiger partial charge in [-0.05, 0) is 25.2 Å². The van der Waals surface area contributed by atoms with Gasteiger partial charge < -0.3 is 20.1 Å². The van der Waals surface area contributed by atoms with E-state index in [1.807, 2.05) is 6.07 Å². The van der Waals surface area contributed by atoms with Crippen LogP contribution in [0.4, 0.5) is 0 Å². The average Bonchev–Trinajstić information content (AvgIpc) is 2.36. The van der Waals surface area contributed by atoms with E-state index in [1.165, 1.54) is 0 Å². The highest BCUT2D eigenvalue weighted by Gasteiger charge is 2.18. The van der Waals surface area contributed by atoms with E-state index in [0.717, 1.165) is 19.7 Å². The van der Waals surface area contributed by atoms with Crippen LogP contribution in [0.5, 0.6) is 5.75 Å². The van der Waals surface area contributed by atoms with Crippen LogP contribution in [0.15, 0.2) is 18.2 Å². The number of likely N-dealkylation sites (N-methyl/N-ethyl adjacent to an activating group) is 1. The van der Waals surface area contributed by atoms with Gasteiger partial charge in [-0.3, -0.25) is 0 Å². The maximum absolute atomic E-state index is 6.08. The molecule has 0 saturated carbocycles. The molecule has 1 aliphatic rings. The summed E-state index contributed by atoms with van der Waals surface area (Å²) in [6, 6.07) is 5.31. The van der Waals surface area contributed by atoms with Gasteiger partial charge in [-0.15, -0.1) is 0 Å². The molecule has 1 fully saturated rings. The van der Waals surface area contributed by atoms with Crippen molar-refractivity contribution in [1.82, 2.24) is 4.90 Å². The maximum atomic E-state index is 6.08. The van der Waals surface area contributed by atoms with Crippen molar-refractivity contribution >= 4 is 28.8 Å². The van der Waals surface area contributed by atoms with E-state index in [1.54, 1.807) is 12.1 Å². The van der Waals surface area contributed by atoms with Crippen molar-refractivity contribution in [3.63, 3.8) is 0 Å². The smallest absolute Gasteiger partial charge is 0.120 e. The van der Waals surface area contributed by atoms with Crippen LogP contribution in [-0.4, -0.2) is 49.3 Å². The number of benzene rings is 1. The zero-order valence-corrected chi connectivity index (χ0v) is 12.3. The van der Waals surface area contributed by atoms with Gasteiger partial charge in [0.1, 0.15) is 23.4 Å². The number of morpholine rings is 1. The van der Waals surface area contributed by atoms with Crippen LogP contribution in [0.2, 0.25) is 5.02 Å². The third-order valence-electron chi connectivity index (χ3n) is 2.98. The second-order valence-electron chi connectivity index (χ2n) is 4.57. The van der Waals surface area contributed by atoms with Crippen LogP contribution in [-0.2, 0) is 4.74 Å². The van der Waals surface area contributed by atoms with E-state index in [2.05, 4.69) is 11.9 Å². The van der Waals surface area contributed by atoms with E-state index < -0.39 is 0 Å². The topological polar surface area (TPSA) is 47.7 Å². The molecule has 2 N–H and O–H groups in total. The Balaban J connectivity index is 1.92. The minimum Gasteiger partial charge on any atom is -0.491 e. The van der Waals surface area contributed by atoms with Crippen molar-refractivity contribution in [3.05, 3.63) is 28.8 Å². The summed E-state index contributed by atoms with van der Waals surface area (Å²) in [4.78, 5) is 2.51. The van der Waals surface area contributed by atoms with Crippen molar-refractivity contribution in [1.29, 1.82) is 0 Å². The fourth-order valence-corrected chi connectivity index (χ4v) is 2.45. The Hall–Kier alpha value is -0.880. The molecule has 6 heteroatoms. The first kappa shape index (κ1) is 14.5. The average molecular weight is 301 g/mol. The Morgan fingerprint density at radius 1 is 1.63 bits per heavy atom. The fourth-order valence-electron chi connectivity index (χ4n) is 1.94. The molecule has 1 aromatic rings. The van der Waals surface area contributed by atoms with Gasteiger partial charge in [-0.2, -0.15) is 0 Å². The molecule has 0 bridgehead atoms. The molecule has 1 unspecified atom stereocenters. The minimum absolute atomic E-state index is 0.0905. The summed E-state index contributed by atoms with van der Waals surface area (Å²) in [5, 5.41) is 0.506. The van der Waals surface area contributed by atoms with Gasteiger partial charge >= 0.3 is 0 Å². The summed E-state index contributed by atoms with van der Waals surface area (Å²) in [6.45, 7) is 3.09. The highest BCUT2D eigenvalue weighted by Crippen LogP contribution is 2.23. The van der Waals surface area contributed by atoms with Crippen molar-refractivity contribution in [2.24, 2.45) is 5.73 Å². The summed E-state index contributed by atoms with van der Waals surface area (Å²) < 4.78 is 11.3. The Bertz CT molecular complexity index is 470. The lowest BCUT2D eigenvalue weighted by molar-refractivity contribution is -0.0403. The van der Waals surface area contributed by atoms with Crippen LogP contribution >= 0.6 is 23.8 Å². The van der Waals surface area contributed by atoms with Crippen LogP contribution in [0.3, 0.4) is 0 Å². The number of nitrogens with two attached hydrogens (primary N) is 1. The van der Waals surface area contributed by atoms with Crippen LogP contribution in [0.25, 0.3) is 0 Å². The van der Waals surface area contributed by atoms with Crippen LogP contribution in [0, 0.1) is 0 Å². The molecular formula is C13H17ClN2O2S. The standard InChI is InChI=1S/C13H17ClN2O2S/c1-16-4-5-17-10(7-16)8-18-9-2-3-11(13(15)19)12(14)6-9/h2-3,6,10H,4-5,7-8H2,1H3,(H2,15,19). The van der Waals surface area contributed by atoms with Crippen molar-refractivity contribution in [2.45, 2.75) is 6.10 Å². The zero-order valence-electron chi connectivity index (χ0n) is 10.8. The molecule has 1 saturated heterocycles. The second-order valence-corrected chi connectivity index (χ2v) is 5.42. The quantitative estimate of drug-likeness (QED) is 0.858. The van der Waals surface area contributed by atoms with Crippen molar-refractivity contribution in [3.8, 4) is 5.75 Å². The predicted molar refractivity (Wildman–Crippen MR) is 80.1 cm³/mol.